The second kappa shape index (κ2) is 8.34. The van der Waals surface area contributed by atoms with Crippen LogP contribution in [0.5, 0.6) is 0 Å². The average Bonchev–Trinajstić information content (AvgIpc) is 3.43. The topological polar surface area (TPSA) is 116 Å². The number of fused-ring (bicyclic) bond motifs is 2. The Morgan fingerprint density at radius 2 is 2.00 bits per heavy atom. The van der Waals surface area contributed by atoms with Crippen LogP contribution in [0.2, 0.25) is 0 Å². The molecule has 33 heavy (non-hydrogen) atoms. The first kappa shape index (κ1) is 21.2. The summed E-state index contributed by atoms with van der Waals surface area (Å²) in [6.07, 6.45) is 5.10. The van der Waals surface area contributed by atoms with E-state index in [-0.39, 0.29) is 6.09 Å². The SMILES string of the molecule is CC(C)(C)OC(=O)N1CCC(CNc2nc(-[n+]3c[nH]c4ccccc43)c3[nH]cnc3n2)CC1. The first-order valence-electron chi connectivity index (χ1n) is 11.3. The van der Waals surface area contributed by atoms with Crippen molar-refractivity contribution in [1.82, 2.24) is 29.8 Å². The molecular weight excluding hydrogens is 420 g/mol. The van der Waals surface area contributed by atoms with Crippen molar-refractivity contribution in [2.45, 2.75) is 39.2 Å². The number of anilines is 1. The monoisotopic (exact) mass is 449 g/mol. The molecule has 0 spiro atoms. The molecule has 1 aliphatic rings. The number of benzene rings is 1. The minimum atomic E-state index is -0.474. The predicted octanol–water partition coefficient (Wildman–Crippen LogP) is 3.17. The van der Waals surface area contributed by atoms with Crippen molar-refractivity contribution in [2.75, 3.05) is 25.0 Å². The number of aromatic nitrogens is 6. The lowest BCUT2D eigenvalue weighted by molar-refractivity contribution is -0.569. The van der Waals surface area contributed by atoms with Gasteiger partial charge in [-0.3, -0.25) is 4.98 Å². The second-order valence-corrected chi connectivity index (χ2v) is 9.42. The van der Waals surface area contributed by atoms with E-state index in [4.69, 9.17) is 9.72 Å². The lowest BCUT2D eigenvalue weighted by Crippen LogP contribution is -2.42. The van der Waals surface area contributed by atoms with E-state index in [0.29, 0.717) is 30.6 Å². The molecule has 172 valence electrons. The van der Waals surface area contributed by atoms with Crippen LogP contribution in [0.3, 0.4) is 0 Å². The van der Waals surface area contributed by atoms with E-state index in [1.807, 2.05) is 55.9 Å². The molecule has 10 nitrogen and oxygen atoms in total. The van der Waals surface area contributed by atoms with E-state index in [0.717, 1.165) is 41.8 Å². The summed E-state index contributed by atoms with van der Waals surface area (Å²) in [6.45, 7) is 7.78. The molecule has 0 bridgehead atoms. The van der Waals surface area contributed by atoms with E-state index < -0.39 is 5.60 Å². The standard InChI is InChI=1S/C23H28N8O2/c1-23(2,3)33-22(32)30-10-8-15(9-11-30)12-24-21-28-19-18(25-13-26-19)20(29-21)31-14-27-16-6-4-5-7-17(16)31/h4-7,13-15H,8-12H2,1-3H3,(H2,24,25,26,28,29)/p+1. The van der Waals surface area contributed by atoms with Gasteiger partial charge < -0.3 is 19.9 Å². The summed E-state index contributed by atoms with van der Waals surface area (Å²) in [5.74, 6) is 1.69. The van der Waals surface area contributed by atoms with Crippen LogP contribution >= 0.6 is 0 Å². The lowest BCUT2D eigenvalue weighted by Gasteiger charge is -2.33. The zero-order valence-corrected chi connectivity index (χ0v) is 19.1. The molecule has 3 aromatic heterocycles. The quantitative estimate of drug-likeness (QED) is 0.412. The smallest absolute Gasteiger partial charge is 0.410 e. The molecular formula is C23H29N8O2+. The Bertz CT molecular complexity index is 1280. The number of carbonyl (C=O) groups excluding carboxylic acids is 1. The number of para-hydroxylation sites is 2. The molecule has 10 heteroatoms. The fraction of sp³-hybridized carbons (Fsp3) is 0.435. The van der Waals surface area contributed by atoms with Crippen LogP contribution in [-0.2, 0) is 4.74 Å². The number of ether oxygens (including phenoxy) is 1. The maximum Gasteiger partial charge on any atom is 0.410 e. The molecule has 1 saturated heterocycles. The number of likely N-dealkylation sites (tertiary alicyclic amines) is 1. The van der Waals surface area contributed by atoms with Gasteiger partial charge in [0.05, 0.1) is 6.33 Å². The Hall–Kier alpha value is -3.69. The Kier molecular flexibility index (Phi) is 5.35. The number of carbonyl (C=O) groups is 1. The van der Waals surface area contributed by atoms with Gasteiger partial charge in [-0.15, -0.1) is 0 Å². The van der Waals surface area contributed by atoms with Crippen molar-refractivity contribution in [3.05, 3.63) is 36.9 Å². The number of amides is 1. The van der Waals surface area contributed by atoms with Crippen molar-refractivity contribution in [3.63, 3.8) is 0 Å². The van der Waals surface area contributed by atoms with Gasteiger partial charge >= 0.3 is 12.0 Å². The Morgan fingerprint density at radius 3 is 2.79 bits per heavy atom. The Balaban J connectivity index is 1.29. The van der Waals surface area contributed by atoms with Gasteiger partial charge in [-0.1, -0.05) is 17.1 Å². The number of aromatic amines is 2. The van der Waals surface area contributed by atoms with Gasteiger partial charge in [0.25, 0.3) is 5.82 Å². The van der Waals surface area contributed by atoms with E-state index in [1.165, 1.54) is 0 Å². The Morgan fingerprint density at radius 1 is 1.21 bits per heavy atom. The normalized spacial score (nSPS) is 15.3. The molecule has 1 amide bonds. The molecule has 1 aliphatic heterocycles. The number of piperidine rings is 1. The van der Waals surface area contributed by atoms with Crippen LogP contribution in [0.25, 0.3) is 28.0 Å². The minimum Gasteiger partial charge on any atom is -0.444 e. The lowest BCUT2D eigenvalue weighted by atomic mass is 9.97. The summed E-state index contributed by atoms with van der Waals surface area (Å²) >= 11 is 0. The molecule has 5 rings (SSSR count). The van der Waals surface area contributed by atoms with E-state index in [2.05, 4.69) is 25.3 Å². The van der Waals surface area contributed by atoms with Crippen molar-refractivity contribution >= 4 is 34.2 Å². The van der Waals surface area contributed by atoms with Crippen LogP contribution in [-0.4, -0.2) is 61.1 Å². The van der Waals surface area contributed by atoms with E-state index >= 15 is 0 Å². The van der Waals surface area contributed by atoms with Crippen LogP contribution in [0.4, 0.5) is 10.7 Å². The first-order valence-corrected chi connectivity index (χ1v) is 11.3. The minimum absolute atomic E-state index is 0.235. The van der Waals surface area contributed by atoms with Crippen LogP contribution in [0.1, 0.15) is 33.6 Å². The second-order valence-electron chi connectivity index (χ2n) is 9.42. The zero-order valence-electron chi connectivity index (χ0n) is 19.1. The molecule has 0 radical (unpaired) electrons. The largest absolute Gasteiger partial charge is 0.444 e. The van der Waals surface area contributed by atoms with Gasteiger partial charge in [0, 0.05) is 19.6 Å². The van der Waals surface area contributed by atoms with Crippen molar-refractivity contribution in [1.29, 1.82) is 0 Å². The van der Waals surface area contributed by atoms with Gasteiger partial charge in [0.15, 0.2) is 17.5 Å². The number of nitrogens with one attached hydrogen (secondary N) is 3. The third-order valence-electron chi connectivity index (χ3n) is 5.82. The summed E-state index contributed by atoms with van der Waals surface area (Å²) in [4.78, 5) is 34.3. The zero-order chi connectivity index (χ0) is 23.0. The third-order valence-corrected chi connectivity index (χ3v) is 5.82. The summed E-state index contributed by atoms with van der Waals surface area (Å²) in [7, 11) is 0. The number of H-pyrrole nitrogens is 2. The number of imidazole rings is 2. The molecule has 4 heterocycles. The molecule has 4 aromatic rings. The fourth-order valence-corrected chi connectivity index (χ4v) is 4.14. The van der Waals surface area contributed by atoms with Gasteiger partial charge in [-0.05, 0) is 51.7 Å². The fourth-order valence-electron chi connectivity index (χ4n) is 4.14. The van der Waals surface area contributed by atoms with Crippen LogP contribution in [0, 0.1) is 5.92 Å². The van der Waals surface area contributed by atoms with Gasteiger partial charge in [0.1, 0.15) is 16.6 Å². The molecule has 0 aliphatic carbocycles. The first-order chi connectivity index (χ1) is 15.9. The number of hydrogen-bond acceptors (Lipinski definition) is 6. The van der Waals surface area contributed by atoms with E-state index in [9.17, 15) is 4.79 Å². The maximum absolute atomic E-state index is 12.3. The van der Waals surface area contributed by atoms with Gasteiger partial charge in [-0.2, -0.15) is 9.55 Å². The van der Waals surface area contributed by atoms with Crippen molar-refractivity contribution < 1.29 is 14.1 Å². The third kappa shape index (κ3) is 4.46. The summed E-state index contributed by atoms with van der Waals surface area (Å²) in [6, 6.07) is 8.07. The van der Waals surface area contributed by atoms with Crippen LogP contribution in [0.15, 0.2) is 36.9 Å². The van der Waals surface area contributed by atoms with E-state index in [1.54, 1.807) is 11.2 Å². The Labute approximate surface area is 191 Å². The molecule has 0 saturated carbocycles. The molecule has 0 unspecified atom stereocenters. The number of rotatable bonds is 4. The summed E-state index contributed by atoms with van der Waals surface area (Å²) < 4.78 is 7.49. The van der Waals surface area contributed by atoms with Crippen molar-refractivity contribution in [2.24, 2.45) is 5.92 Å². The molecule has 0 atom stereocenters. The van der Waals surface area contributed by atoms with Gasteiger partial charge in [0.2, 0.25) is 0 Å². The van der Waals surface area contributed by atoms with Crippen molar-refractivity contribution in [3.8, 4) is 5.82 Å². The van der Waals surface area contributed by atoms with Crippen LogP contribution < -0.4 is 9.88 Å². The highest BCUT2D eigenvalue weighted by atomic mass is 16.6. The average molecular weight is 450 g/mol. The van der Waals surface area contributed by atoms with Gasteiger partial charge in [-0.25, -0.2) is 9.78 Å². The maximum atomic E-state index is 12.3. The number of hydrogen-bond donors (Lipinski definition) is 3. The number of nitrogens with zero attached hydrogens (tertiary/aromatic N) is 5. The highest BCUT2D eigenvalue weighted by Gasteiger charge is 2.27. The molecule has 1 fully saturated rings. The highest BCUT2D eigenvalue weighted by Crippen LogP contribution is 2.21. The predicted molar refractivity (Wildman–Crippen MR) is 124 cm³/mol. The summed E-state index contributed by atoms with van der Waals surface area (Å²) in [5.41, 5.74) is 2.96. The highest BCUT2D eigenvalue weighted by molar-refractivity contribution is 5.79. The molecule has 3 N–H and O–H groups in total. The summed E-state index contributed by atoms with van der Waals surface area (Å²) in [5, 5.41) is 3.39. The molecule has 1 aromatic carbocycles.